The van der Waals surface area contributed by atoms with Gasteiger partial charge in [-0.15, -0.1) is 8.78 Å². The van der Waals surface area contributed by atoms with Crippen LogP contribution in [0.15, 0.2) is 91.0 Å². The molecule has 0 saturated heterocycles. The molecular formula is C35H29F2NO7. The number of rotatable bonds is 8. The Morgan fingerprint density at radius 1 is 0.889 bits per heavy atom. The fourth-order valence-corrected chi connectivity index (χ4v) is 5.92. The van der Waals surface area contributed by atoms with Crippen molar-refractivity contribution in [3.05, 3.63) is 119 Å². The summed E-state index contributed by atoms with van der Waals surface area (Å²) in [7, 11) is 1.32. The minimum absolute atomic E-state index is 0.0689. The van der Waals surface area contributed by atoms with Gasteiger partial charge in [0, 0.05) is 18.1 Å². The van der Waals surface area contributed by atoms with Gasteiger partial charge in [-0.2, -0.15) is 0 Å². The van der Waals surface area contributed by atoms with E-state index in [0.717, 1.165) is 16.7 Å². The highest BCUT2D eigenvalue weighted by molar-refractivity contribution is 5.92. The van der Waals surface area contributed by atoms with Crippen LogP contribution in [0.2, 0.25) is 0 Å². The maximum Gasteiger partial charge on any atom is 0.586 e. The largest absolute Gasteiger partial charge is 0.586 e. The molecule has 45 heavy (non-hydrogen) atoms. The van der Waals surface area contributed by atoms with Crippen LogP contribution in [0.1, 0.15) is 64.0 Å². The summed E-state index contributed by atoms with van der Waals surface area (Å²) in [5.41, 5.74) is 2.62. The highest BCUT2D eigenvalue weighted by Gasteiger charge is 2.53. The first-order valence-corrected chi connectivity index (χ1v) is 14.6. The molecule has 2 atom stereocenters. The lowest BCUT2D eigenvalue weighted by Gasteiger charge is -2.34. The fourth-order valence-electron chi connectivity index (χ4n) is 5.92. The predicted octanol–water partition coefficient (Wildman–Crippen LogP) is 6.79. The number of methoxy groups -OCH3 is 1. The average molecular weight is 614 g/mol. The molecule has 2 aliphatic heterocycles. The summed E-state index contributed by atoms with van der Waals surface area (Å²) >= 11 is 0. The van der Waals surface area contributed by atoms with E-state index in [1.807, 2.05) is 48.5 Å². The second-order valence-electron chi connectivity index (χ2n) is 11.4. The van der Waals surface area contributed by atoms with E-state index in [-0.39, 0.29) is 17.4 Å². The number of amides is 1. The van der Waals surface area contributed by atoms with Crippen LogP contribution >= 0.6 is 0 Å². The number of hydrogen-bond donors (Lipinski definition) is 1. The molecule has 0 bridgehead atoms. The van der Waals surface area contributed by atoms with E-state index >= 15 is 0 Å². The highest BCUT2D eigenvalue weighted by atomic mass is 19.3. The summed E-state index contributed by atoms with van der Waals surface area (Å²) in [5.74, 6) is 0.287. The topological polar surface area (TPSA) is 92.3 Å². The summed E-state index contributed by atoms with van der Waals surface area (Å²) in [6.45, 7) is 0.369. The summed E-state index contributed by atoms with van der Waals surface area (Å²) in [6, 6.07) is 26.4. The second-order valence-corrected chi connectivity index (χ2v) is 11.4. The number of esters is 1. The fraction of sp³-hybridized carbons (Fsp3) is 0.257. The lowest BCUT2D eigenvalue weighted by Crippen LogP contribution is -2.39. The van der Waals surface area contributed by atoms with Gasteiger partial charge in [0.25, 0.3) is 0 Å². The quantitative estimate of drug-likeness (QED) is 0.219. The Morgan fingerprint density at radius 3 is 2.47 bits per heavy atom. The van der Waals surface area contributed by atoms with E-state index in [2.05, 4.69) is 14.8 Å². The first kappa shape index (κ1) is 28.6. The lowest BCUT2D eigenvalue weighted by molar-refractivity contribution is -0.286. The number of ether oxygens (including phenoxy) is 5. The molecule has 4 aromatic carbocycles. The smallest absolute Gasteiger partial charge is 0.489 e. The van der Waals surface area contributed by atoms with Gasteiger partial charge in [0.2, 0.25) is 5.91 Å². The Kier molecular flexibility index (Phi) is 7.07. The Bertz CT molecular complexity index is 1770. The van der Waals surface area contributed by atoms with Crippen LogP contribution in [0.4, 0.5) is 8.78 Å². The molecule has 2 heterocycles. The highest BCUT2D eigenvalue weighted by Crippen LogP contribution is 2.53. The summed E-state index contributed by atoms with van der Waals surface area (Å²) < 4.78 is 53.9. The van der Waals surface area contributed by atoms with Crippen LogP contribution in [0.25, 0.3) is 0 Å². The van der Waals surface area contributed by atoms with Crippen molar-refractivity contribution in [2.75, 3.05) is 7.11 Å². The minimum Gasteiger partial charge on any atom is -0.489 e. The molecule has 4 aromatic rings. The molecule has 1 fully saturated rings. The number of halogens is 2. The van der Waals surface area contributed by atoms with E-state index in [4.69, 9.17) is 14.2 Å². The predicted molar refractivity (Wildman–Crippen MR) is 157 cm³/mol. The van der Waals surface area contributed by atoms with Gasteiger partial charge >= 0.3 is 12.3 Å². The van der Waals surface area contributed by atoms with Crippen LogP contribution in [-0.4, -0.2) is 25.3 Å². The van der Waals surface area contributed by atoms with Gasteiger partial charge in [-0.05, 0) is 65.9 Å². The molecule has 1 aliphatic carbocycles. The molecule has 0 aromatic heterocycles. The Morgan fingerprint density at radius 2 is 1.69 bits per heavy atom. The number of fused-ring (bicyclic) bond motifs is 2. The molecule has 7 rings (SSSR count). The molecule has 0 unspecified atom stereocenters. The minimum atomic E-state index is -3.74. The SMILES string of the molecule is COC(=O)c1cccc([C@H]2C[C@@H](NC(=O)C3(c4ccc5c(c4)OC(F)(F)O5)CC3)c3ccc(OCc4ccccc4)cc3O2)c1. The molecule has 1 N–H and O–H groups in total. The number of nitrogens with one attached hydrogen (secondary N) is 1. The van der Waals surface area contributed by atoms with Crippen molar-refractivity contribution in [3.8, 4) is 23.0 Å². The van der Waals surface area contributed by atoms with E-state index in [9.17, 15) is 18.4 Å². The van der Waals surface area contributed by atoms with Crippen molar-refractivity contribution in [3.63, 3.8) is 0 Å². The van der Waals surface area contributed by atoms with Crippen molar-refractivity contribution in [1.82, 2.24) is 5.32 Å². The summed E-state index contributed by atoms with van der Waals surface area (Å²) in [4.78, 5) is 26.2. The Labute approximate surface area is 257 Å². The monoisotopic (exact) mass is 613 g/mol. The number of carbonyl (C=O) groups is 2. The lowest BCUT2D eigenvalue weighted by atomic mass is 9.90. The van der Waals surface area contributed by atoms with Crippen LogP contribution in [0.3, 0.4) is 0 Å². The average Bonchev–Trinajstić information content (AvgIpc) is 3.80. The van der Waals surface area contributed by atoms with Crippen LogP contribution in [0, 0.1) is 0 Å². The first-order valence-electron chi connectivity index (χ1n) is 14.6. The number of hydrogen-bond acceptors (Lipinski definition) is 7. The van der Waals surface area contributed by atoms with Gasteiger partial charge in [0.05, 0.1) is 24.1 Å². The summed E-state index contributed by atoms with van der Waals surface area (Å²) in [6.07, 6.45) is -2.74. The molecule has 1 amide bonds. The first-order chi connectivity index (χ1) is 21.7. The zero-order chi connectivity index (χ0) is 31.2. The van der Waals surface area contributed by atoms with Gasteiger partial charge in [0.15, 0.2) is 11.5 Å². The van der Waals surface area contributed by atoms with E-state index in [1.165, 1.54) is 19.2 Å². The standard InChI is InChI=1S/C35H29F2NO7/c1-41-32(39)23-9-5-8-22(16-23)29-19-27(26-12-11-25(18-30(26)43-29)42-20-21-6-3-2-4-7-21)38-33(40)34(14-15-34)24-10-13-28-31(17-24)45-35(36,37)44-28/h2-13,16-18,27,29H,14-15,19-20H2,1H3,(H,38,40)/t27-,29-/m1/s1. The Hall–Kier alpha value is -5.12. The maximum atomic E-state index is 13.9. The third kappa shape index (κ3) is 5.63. The molecular weight excluding hydrogens is 584 g/mol. The second kappa shape index (κ2) is 11.1. The van der Waals surface area contributed by atoms with E-state index < -0.39 is 29.8 Å². The van der Waals surface area contributed by atoms with Crippen molar-refractivity contribution >= 4 is 11.9 Å². The number of benzene rings is 4. The third-order valence-corrected chi connectivity index (χ3v) is 8.45. The Balaban J connectivity index is 1.17. The van der Waals surface area contributed by atoms with Gasteiger partial charge in [-0.3, -0.25) is 4.79 Å². The zero-order valence-electron chi connectivity index (χ0n) is 24.3. The van der Waals surface area contributed by atoms with Gasteiger partial charge in [0.1, 0.15) is 24.2 Å². The maximum absolute atomic E-state index is 13.9. The number of alkyl halides is 2. The molecule has 0 spiro atoms. The molecule has 8 nitrogen and oxygen atoms in total. The van der Waals surface area contributed by atoms with Crippen molar-refractivity contribution < 1.29 is 42.1 Å². The van der Waals surface area contributed by atoms with E-state index in [0.29, 0.717) is 48.5 Å². The molecule has 10 heteroatoms. The van der Waals surface area contributed by atoms with Gasteiger partial charge in [-0.1, -0.05) is 48.5 Å². The van der Waals surface area contributed by atoms with Crippen molar-refractivity contribution in [2.24, 2.45) is 0 Å². The van der Waals surface area contributed by atoms with Crippen molar-refractivity contribution in [1.29, 1.82) is 0 Å². The van der Waals surface area contributed by atoms with Gasteiger partial charge in [-0.25, -0.2) is 4.79 Å². The normalized spacial score (nSPS) is 19.9. The molecule has 1 saturated carbocycles. The molecule has 3 aliphatic rings. The molecule has 0 radical (unpaired) electrons. The summed E-state index contributed by atoms with van der Waals surface area (Å²) in [5, 5.41) is 3.21. The van der Waals surface area contributed by atoms with E-state index in [1.54, 1.807) is 30.3 Å². The molecule has 230 valence electrons. The number of carbonyl (C=O) groups excluding carboxylic acids is 2. The van der Waals surface area contributed by atoms with Crippen LogP contribution in [0.5, 0.6) is 23.0 Å². The van der Waals surface area contributed by atoms with Crippen LogP contribution < -0.4 is 24.3 Å². The van der Waals surface area contributed by atoms with Crippen molar-refractivity contribution in [2.45, 2.75) is 49.7 Å². The third-order valence-electron chi connectivity index (χ3n) is 8.45. The zero-order valence-corrected chi connectivity index (χ0v) is 24.3. The van der Waals surface area contributed by atoms with Gasteiger partial charge < -0.3 is 29.0 Å². The van der Waals surface area contributed by atoms with Crippen LogP contribution in [-0.2, 0) is 21.6 Å².